The van der Waals surface area contributed by atoms with Gasteiger partial charge in [-0.05, 0) is 56.0 Å². The lowest BCUT2D eigenvalue weighted by molar-refractivity contribution is -0.116. The second-order valence-electron chi connectivity index (χ2n) is 7.31. The Bertz CT molecular complexity index is 1060. The van der Waals surface area contributed by atoms with Crippen LogP contribution in [0.25, 0.3) is 0 Å². The highest BCUT2D eigenvalue weighted by atomic mass is 16.2. The Morgan fingerprint density at radius 2 is 1.67 bits per heavy atom. The van der Waals surface area contributed by atoms with Crippen LogP contribution in [0.4, 0.5) is 17.2 Å². The average Bonchev–Trinajstić information content (AvgIpc) is 3.05. The molecule has 0 unspecified atom stereocenters. The van der Waals surface area contributed by atoms with Crippen molar-refractivity contribution in [2.24, 2.45) is 0 Å². The Labute approximate surface area is 175 Å². The van der Waals surface area contributed by atoms with E-state index in [4.69, 9.17) is 5.73 Å². The number of hydrogen-bond acceptors (Lipinski definition) is 5. The van der Waals surface area contributed by atoms with Crippen LogP contribution in [-0.4, -0.2) is 26.8 Å². The van der Waals surface area contributed by atoms with Crippen molar-refractivity contribution in [1.29, 1.82) is 0 Å². The third-order valence-corrected chi connectivity index (χ3v) is 4.84. The predicted octanol–water partition coefficient (Wildman–Crippen LogP) is 3.24. The van der Waals surface area contributed by atoms with Crippen LogP contribution in [-0.2, 0) is 17.8 Å². The van der Waals surface area contributed by atoms with Gasteiger partial charge >= 0.3 is 0 Å². The minimum atomic E-state index is -0.478. The van der Waals surface area contributed by atoms with E-state index in [2.05, 4.69) is 27.9 Å². The van der Waals surface area contributed by atoms with Gasteiger partial charge in [0.25, 0.3) is 5.91 Å². The Kier molecular flexibility index (Phi) is 6.15. The zero-order chi connectivity index (χ0) is 21.8. The van der Waals surface area contributed by atoms with E-state index in [1.807, 2.05) is 57.2 Å². The van der Waals surface area contributed by atoms with E-state index in [-0.39, 0.29) is 24.0 Å². The number of benzene rings is 2. The number of anilines is 3. The molecule has 0 aliphatic rings. The monoisotopic (exact) mass is 406 g/mol. The fourth-order valence-corrected chi connectivity index (χ4v) is 3.31. The first-order valence-electron chi connectivity index (χ1n) is 9.75. The third-order valence-electron chi connectivity index (χ3n) is 4.84. The maximum atomic E-state index is 12.5. The molecule has 30 heavy (non-hydrogen) atoms. The van der Waals surface area contributed by atoms with Crippen LogP contribution in [0.3, 0.4) is 0 Å². The summed E-state index contributed by atoms with van der Waals surface area (Å²) in [5.74, 6) is -0.748. The second kappa shape index (κ2) is 8.77. The van der Waals surface area contributed by atoms with Gasteiger partial charge < -0.3 is 16.4 Å². The quantitative estimate of drug-likeness (QED) is 0.581. The minimum absolute atomic E-state index is 0.0231. The molecule has 1 aromatic heterocycles. The smallest absolute Gasteiger partial charge is 0.280 e. The van der Waals surface area contributed by atoms with Crippen LogP contribution in [0.2, 0.25) is 0 Å². The molecule has 0 atom stereocenters. The number of nitrogen functional groups attached to an aromatic ring is 1. The van der Waals surface area contributed by atoms with Gasteiger partial charge in [-0.2, -0.15) is 0 Å². The number of nitrogens with zero attached hydrogens (tertiary/aromatic N) is 3. The number of rotatable bonds is 6. The van der Waals surface area contributed by atoms with Crippen LogP contribution in [0.15, 0.2) is 36.4 Å². The molecule has 0 bridgehead atoms. The van der Waals surface area contributed by atoms with E-state index in [9.17, 15) is 9.59 Å². The van der Waals surface area contributed by atoms with Crippen molar-refractivity contribution in [3.8, 4) is 0 Å². The predicted molar refractivity (Wildman–Crippen MR) is 117 cm³/mol. The van der Waals surface area contributed by atoms with Crippen molar-refractivity contribution in [3.63, 3.8) is 0 Å². The topological polar surface area (TPSA) is 115 Å². The van der Waals surface area contributed by atoms with E-state index in [0.29, 0.717) is 5.69 Å². The Morgan fingerprint density at radius 1 is 1.03 bits per heavy atom. The first kappa shape index (κ1) is 21.0. The van der Waals surface area contributed by atoms with E-state index >= 15 is 0 Å². The zero-order valence-corrected chi connectivity index (χ0v) is 17.6. The Morgan fingerprint density at radius 3 is 2.27 bits per heavy atom. The van der Waals surface area contributed by atoms with Gasteiger partial charge in [-0.3, -0.25) is 9.59 Å². The van der Waals surface area contributed by atoms with Gasteiger partial charge in [-0.25, -0.2) is 4.68 Å². The molecule has 0 radical (unpaired) electrons. The molecule has 3 aromatic rings. The molecule has 3 rings (SSSR count). The fourth-order valence-electron chi connectivity index (χ4n) is 3.31. The van der Waals surface area contributed by atoms with Crippen molar-refractivity contribution >= 4 is 29.0 Å². The summed E-state index contributed by atoms with van der Waals surface area (Å²) in [4.78, 5) is 25.0. The molecule has 2 aromatic carbocycles. The number of amides is 2. The Balaban J connectivity index is 1.68. The molecule has 156 valence electrons. The highest BCUT2D eigenvalue weighted by Gasteiger charge is 2.19. The van der Waals surface area contributed by atoms with Gasteiger partial charge in [0.2, 0.25) is 5.91 Å². The lowest BCUT2D eigenvalue weighted by Crippen LogP contribution is -2.22. The molecule has 0 saturated carbocycles. The molecule has 0 aliphatic heterocycles. The van der Waals surface area contributed by atoms with Crippen molar-refractivity contribution < 1.29 is 9.59 Å². The summed E-state index contributed by atoms with van der Waals surface area (Å²) in [7, 11) is 0. The van der Waals surface area contributed by atoms with Crippen LogP contribution >= 0.6 is 0 Å². The summed E-state index contributed by atoms with van der Waals surface area (Å²) in [5, 5.41) is 13.3. The lowest BCUT2D eigenvalue weighted by Gasteiger charge is -2.13. The molecule has 1 heterocycles. The summed E-state index contributed by atoms with van der Waals surface area (Å²) < 4.78 is 1.21. The molecule has 0 fully saturated rings. The van der Waals surface area contributed by atoms with Crippen LogP contribution in [0.5, 0.6) is 0 Å². The molecule has 0 saturated heterocycles. The highest BCUT2D eigenvalue weighted by Crippen LogP contribution is 2.22. The number of nitrogens with two attached hydrogens (primary N) is 1. The van der Waals surface area contributed by atoms with E-state index < -0.39 is 5.91 Å². The van der Waals surface area contributed by atoms with Crippen molar-refractivity contribution in [2.45, 2.75) is 40.7 Å². The molecule has 0 spiro atoms. The van der Waals surface area contributed by atoms with Gasteiger partial charge in [0.1, 0.15) is 6.54 Å². The summed E-state index contributed by atoms with van der Waals surface area (Å²) in [6.07, 6.45) is 0.916. The maximum Gasteiger partial charge on any atom is 0.280 e. The molecule has 8 nitrogen and oxygen atoms in total. The summed E-state index contributed by atoms with van der Waals surface area (Å²) >= 11 is 0. The first-order chi connectivity index (χ1) is 14.3. The van der Waals surface area contributed by atoms with Gasteiger partial charge in [-0.1, -0.05) is 42.0 Å². The summed E-state index contributed by atoms with van der Waals surface area (Å²) in [6, 6.07) is 11.5. The number of nitrogens with one attached hydrogen (secondary N) is 2. The molecular weight excluding hydrogens is 380 g/mol. The van der Waals surface area contributed by atoms with Crippen molar-refractivity contribution in [1.82, 2.24) is 15.0 Å². The van der Waals surface area contributed by atoms with E-state index in [1.165, 1.54) is 10.2 Å². The van der Waals surface area contributed by atoms with Gasteiger partial charge in [0.15, 0.2) is 11.5 Å². The fraction of sp³-hybridized carbons (Fsp3) is 0.273. The van der Waals surface area contributed by atoms with Crippen LogP contribution < -0.4 is 16.4 Å². The molecule has 2 amide bonds. The van der Waals surface area contributed by atoms with Gasteiger partial charge in [-0.15, -0.1) is 5.10 Å². The number of aryl methyl sites for hydroxylation is 4. The third kappa shape index (κ3) is 4.65. The van der Waals surface area contributed by atoms with Gasteiger partial charge in [0.05, 0.1) is 0 Å². The van der Waals surface area contributed by atoms with Crippen LogP contribution in [0, 0.1) is 20.8 Å². The molecular formula is C22H26N6O2. The summed E-state index contributed by atoms with van der Waals surface area (Å²) in [6.45, 7) is 7.80. The largest absolute Gasteiger partial charge is 0.382 e. The van der Waals surface area contributed by atoms with Crippen LogP contribution in [0.1, 0.15) is 39.7 Å². The lowest BCUT2D eigenvalue weighted by atomic mass is 10.1. The first-order valence-corrected chi connectivity index (χ1v) is 9.75. The maximum absolute atomic E-state index is 12.5. The average molecular weight is 406 g/mol. The van der Waals surface area contributed by atoms with Crippen molar-refractivity contribution in [2.75, 3.05) is 16.4 Å². The normalized spacial score (nSPS) is 10.7. The minimum Gasteiger partial charge on any atom is -0.382 e. The zero-order valence-electron chi connectivity index (χ0n) is 17.6. The number of carbonyl (C=O) groups is 2. The molecule has 8 heteroatoms. The van der Waals surface area contributed by atoms with E-state index in [1.54, 1.807) is 0 Å². The van der Waals surface area contributed by atoms with E-state index in [0.717, 1.165) is 28.8 Å². The summed E-state index contributed by atoms with van der Waals surface area (Å²) in [5.41, 5.74) is 11.6. The number of hydrogen-bond donors (Lipinski definition) is 3. The van der Waals surface area contributed by atoms with Crippen molar-refractivity contribution in [3.05, 3.63) is 64.3 Å². The number of carbonyl (C=O) groups excluding carboxylic acids is 2. The number of aromatic nitrogens is 3. The Hall–Kier alpha value is -3.68. The standard InChI is InChI=1S/C22H26N6O2/c1-5-16-6-8-17(9-7-16)24-22(30)20-21(23)28(27-26-20)12-18(29)25-19-14(3)10-13(2)11-15(19)4/h6-11H,5,12,23H2,1-4H3,(H,24,30)(H,25,29). The van der Waals surface area contributed by atoms with Gasteiger partial charge in [0, 0.05) is 11.4 Å². The highest BCUT2D eigenvalue weighted by molar-refractivity contribution is 6.05. The molecule has 0 aliphatic carbocycles. The second-order valence-corrected chi connectivity index (χ2v) is 7.31. The SMILES string of the molecule is CCc1ccc(NC(=O)c2nnn(CC(=O)Nc3c(C)cc(C)cc3C)c2N)cc1. The molecule has 4 N–H and O–H groups in total.